The topological polar surface area (TPSA) is 9.72 Å². The van der Waals surface area contributed by atoms with Gasteiger partial charge in [0, 0.05) is 50.9 Å². The molecule has 4 heterocycles. The van der Waals surface area contributed by atoms with Crippen molar-refractivity contribution in [1.29, 1.82) is 0 Å². The molecule has 2 atom stereocenters. The van der Waals surface area contributed by atoms with E-state index in [-0.39, 0.29) is 23.1 Å². The van der Waals surface area contributed by atoms with E-state index in [1.165, 1.54) is 135 Å². The lowest BCUT2D eigenvalue weighted by Crippen LogP contribution is -2.88. The van der Waals surface area contributed by atoms with E-state index in [0.29, 0.717) is 0 Å². The summed E-state index contributed by atoms with van der Waals surface area (Å²) >= 11 is 0. The zero-order valence-electron chi connectivity index (χ0n) is 42.5. The van der Waals surface area contributed by atoms with E-state index < -0.39 is 8.07 Å². The molecular formula is C68H58BN3Si. The first kappa shape index (κ1) is 43.0. The Labute approximate surface area is 431 Å². The first-order valence-electron chi connectivity index (χ1n) is 26.7. The molecule has 15 rings (SSSR count). The van der Waals surface area contributed by atoms with Crippen LogP contribution in [0, 0.1) is 0 Å². The van der Waals surface area contributed by atoms with Gasteiger partial charge in [0.2, 0.25) is 0 Å². The highest BCUT2D eigenvalue weighted by Crippen LogP contribution is 2.62. The number of rotatable bonds is 5. The molecule has 0 N–H and O–H groups in total. The molecule has 1 aliphatic carbocycles. The maximum absolute atomic E-state index is 2.99. The van der Waals surface area contributed by atoms with Crippen LogP contribution in [0.1, 0.15) is 71.4 Å². The van der Waals surface area contributed by atoms with Crippen LogP contribution in [0.15, 0.2) is 212 Å². The Bertz CT molecular complexity index is 3730. The van der Waals surface area contributed by atoms with Gasteiger partial charge in [0.25, 0.3) is 6.71 Å². The third kappa shape index (κ3) is 5.72. The smallest absolute Gasteiger partial charge is 0.251 e. The van der Waals surface area contributed by atoms with Crippen molar-refractivity contribution in [1.82, 2.24) is 0 Å². The first-order valence-corrected chi connectivity index (χ1v) is 28.7. The molecule has 5 heteroatoms. The van der Waals surface area contributed by atoms with E-state index in [1.807, 2.05) is 0 Å². The largest absolute Gasteiger partial charge is 0.334 e. The molecule has 0 spiro atoms. The van der Waals surface area contributed by atoms with Gasteiger partial charge in [-0.25, -0.2) is 0 Å². The van der Waals surface area contributed by atoms with Crippen molar-refractivity contribution in [2.75, 3.05) is 14.7 Å². The third-order valence-electron chi connectivity index (χ3n) is 18.5. The van der Waals surface area contributed by atoms with Crippen molar-refractivity contribution in [3.8, 4) is 0 Å². The lowest BCUT2D eigenvalue weighted by molar-refractivity contribution is 0.195. The van der Waals surface area contributed by atoms with Crippen LogP contribution in [-0.2, 0) is 10.8 Å². The minimum absolute atomic E-state index is 0.00801. The third-order valence-corrected chi connectivity index (χ3v) is 23.4. The maximum atomic E-state index is 2.82. The lowest BCUT2D eigenvalue weighted by atomic mass is 9.33. The van der Waals surface area contributed by atoms with Gasteiger partial charge in [-0.15, -0.1) is 0 Å². The van der Waals surface area contributed by atoms with Crippen molar-refractivity contribution in [2.24, 2.45) is 0 Å². The summed E-state index contributed by atoms with van der Waals surface area (Å²) in [6.45, 7) is 12.3. The van der Waals surface area contributed by atoms with Crippen LogP contribution < -0.4 is 51.8 Å². The van der Waals surface area contributed by atoms with Crippen LogP contribution in [0.4, 0.5) is 45.5 Å². The summed E-state index contributed by atoms with van der Waals surface area (Å²) in [5.41, 5.74) is 17.1. The Hall–Kier alpha value is -7.60. The minimum Gasteiger partial charge on any atom is -0.334 e. The van der Waals surface area contributed by atoms with Crippen molar-refractivity contribution < 1.29 is 0 Å². The van der Waals surface area contributed by atoms with E-state index in [1.54, 1.807) is 0 Å². The number of hydrogen-bond donors (Lipinski definition) is 0. The second-order valence-electron chi connectivity index (χ2n) is 23.2. The second kappa shape index (κ2) is 15.2. The highest BCUT2D eigenvalue weighted by atomic mass is 28.3. The summed E-state index contributed by atoms with van der Waals surface area (Å²) in [7, 11) is -2.99. The Morgan fingerprint density at radius 3 is 1.47 bits per heavy atom. The van der Waals surface area contributed by atoms with E-state index in [0.717, 1.165) is 6.42 Å². The standard InChI is InChI=1S/C68H58BN3Si/c1-66(2,3)49-34-37-56-55(42-49)67(4)38-16-17-39-68(67,5)72(56)52-43-59-63-60(44-52)71(51-36-33-46-21-13-15-23-48(46)41-51)58-29-19-31-62-65(58)69(63)64-57(70(59)50-35-32-45-20-12-14-22-47(45)40-50)28-18-30-61(64)73(62,53-24-8-6-9-25-53)54-26-10-7-11-27-54/h6-15,18-37,40-44H,16-17,38-39H2,1-5H3. The molecule has 1 fully saturated rings. The zero-order valence-corrected chi connectivity index (χ0v) is 43.5. The van der Waals surface area contributed by atoms with Crippen molar-refractivity contribution in [3.05, 3.63) is 223 Å². The SMILES string of the molecule is CC(C)(C)c1ccc2c(c1)C1(C)CCCCC1(C)N2c1cc2c3c(c1)N(c1ccc4ccccc4c1)c1cccc4c1B3c1c(cccc1[Si]4(c1ccccc1)c1ccccc1)N2c1ccc2ccccc2c1. The molecule has 0 bridgehead atoms. The molecule has 10 aromatic rings. The molecule has 0 radical (unpaired) electrons. The molecular weight excluding hydrogens is 898 g/mol. The Kier molecular flexibility index (Phi) is 8.97. The average Bonchev–Trinajstić information content (AvgIpc) is 3.65. The van der Waals surface area contributed by atoms with Gasteiger partial charge in [0.1, 0.15) is 0 Å². The monoisotopic (exact) mass is 955 g/mol. The predicted molar refractivity (Wildman–Crippen MR) is 314 cm³/mol. The quantitative estimate of drug-likeness (QED) is 0.159. The average molecular weight is 956 g/mol. The van der Waals surface area contributed by atoms with Crippen LogP contribution in [0.25, 0.3) is 21.5 Å². The van der Waals surface area contributed by atoms with Gasteiger partial charge < -0.3 is 14.7 Å². The van der Waals surface area contributed by atoms with E-state index >= 15 is 0 Å². The van der Waals surface area contributed by atoms with Gasteiger partial charge in [0.05, 0.1) is 5.54 Å². The fraction of sp³-hybridized carbons (Fsp3) is 0.176. The van der Waals surface area contributed by atoms with Crippen LogP contribution in [0.2, 0.25) is 0 Å². The van der Waals surface area contributed by atoms with E-state index in [9.17, 15) is 0 Å². The second-order valence-corrected chi connectivity index (χ2v) is 26.9. The van der Waals surface area contributed by atoms with Gasteiger partial charge in [-0.2, -0.15) is 0 Å². The highest BCUT2D eigenvalue weighted by molar-refractivity contribution is 7.27. The fourth-order valence-corrected chi connectivity index (χ4v) is 20.3. The Balaban J connectivity index is 1.10. The molecule has 0 amide bonds. The Morgan fingerprint density at radius 1 is 0.425 bits per heavy atom. The number of hydrogen-bond acceptors (Lipinski definition) is 3. The number of nitrogens with zero attached hydrogens (tertiary/aromatic N) is 3. The number of benzene rings is 10. The van der Waals surface area contributed by atoms with Crippen LogP contribution in [0.5, 0.6) is 0 Å². The van der Waals surface area contributed by atoms with Gasteiger partial charge in [-0.3, -0.25) is 0 Å². The molecule has 3 nitrogen and oxygen atoms in total. The summed E-state index contributed by atoms with van der Waals surface area (Å²) < 4.78 is 0. The van der Waals surface area contributed by atoms with Crippen molar-refractivity contribution in [2.45, 2.75) is 76.7 Å². The van der Waals surface area contributed by atoms with Crippen molar-refractivity contribution in [3.63, 3.8) is 0 Å². The zero-order chi connectivity index (χ0) is 49.0. The molecule has 5 aliphatic rings. The first-order chi connectivity index (χ1) is 35.6. The van der Waals surface area contributed by atoms with Gasteiger partial charge in [0.15, 0.2) is 8.07 Å². The van der Waals surface area contributed by atoms with Crippen LogP contribution in [0.3, 0.4) is 0 Å². The molecule has 4 aliphatic heterocycles. The molecule has 352 valence electrons. The lowest BCUT2D eigenvalue weighted by Gasteiger charge is -2.53. The number of anilines is 8. The molecule has 2 unspecified atom stereocenters. The summed E-state index contributed by atoms with van der Waals surface area (Å²) in [6, 6.07) is 82.6. The van der Waals surface area contributed by atoms with Gasteiger partial charge in [-0.05, 0) is 150 Å². The summed E-state index contributed by atoms with van der Waals surface area (Å²) in [5, 5.41) is 10.8. The number of fused-ring (bicyclic) bond motifs is 5. The van der Waals surface area contributed by atoms with Crippen LogP contribution >= 0.6 is 0 Å². The Morgan fingerprint density at radius 2 is 0.932 bits per heavy atom. The molecule has 0 aromatic heterocycles. The van der Waals surface area contributed by atoms with Gasteiger partial charge in [-0.1, -0.05) is 198 Å². The molecule has 1 saturated carbocycles. The van der Waals surface area contributed by atoms with Gasteiger partial charge >= 0.3 is 0 Å². The molecule has 10 aromatic carbocycles. The summed E-state index contributed by atoms with van der Waals surface area (Å²) in [6.07, 6.45) is 4.77. The highest BCUT2D eigenvalue weighted by Gasteiger charge is 2.60. The van der Waals surface area contributed by atoms with Crippen LogP contribution in [-0.4, -0.2) is 20.3 Å². The maximum Gasteiger partial charge on any atom is 0.251 e. The summed E-state index contributed by atoms with van der Waals surface area (Å²) in [5.74, 6) is 0. The molecule has 0 saturated heterocycles. The van der Waals surface area contributed by atoms with E-state index in [4.69, 9.17) is 0 Å². The molecule has 73 heavy (non-hydrogen) atoms. The summed E-state index contributed by atoms with van der Waals surface area (Å²) in [4.78, 5) is 8.18. The fourth-order valence-electron chi connectivity index (χ4n) is 15.0. The minimum atomic E-state index is -2.99. The normalized spacial score (nSPS) is 19.7. The predicted octanol–water partition coefficient (Wildman–Crippen LogP) is 12.8. The van der Waals surface area contributed by atoms with Crippen molar-refractivity contribution >= 4 is 119 Å². The van der Waals surface area contributed by atoms with E-state index in [2.05, 4.69) is 262 Å².